The Morgan fingerprint density at radius 2 is 2.16 bits per heavy atom. The van der Waals surface area contributed by atoms with E-state index in [2.05, 4.69) is 34.1 Å². The summed E-state index contributed by atoms with van der Waals surface area (Å²) in [5.41, 5.74) is 1.28. The van der Waals surface area contributed by atoms with E-state index in [4.69, 9.17) is 0 Å². The number of methoxy groups -OCH3 is 1. The summed E-state index contributed by atoms with van der Waals surface area (Å²) >= 11 is 1.31. The van der Waals surface area contributed by atoms with E-state index in [1.807, 2.05) is 18.2 Å². The number of nitrogens with zero attached hydrogens (tertiary/aromatic N) is 1. The minimum absolute atomic E-state index is 0.346. The summed E-state index contributed by atoms with van der Waals surface area (Å²) in [7, 11) is 1.37. The summed E-state index contributed by atoms with van der Waals surface area (Å²) < 4.78 is 4.65. The second-order valence-corrected chi connectivity index (χ2v) is 5.24. The average Bonchev–Trinajstić information content (AvgIpc) is 2.93. The minimum Gasteiger partial charge on any atom is -0.465 e. The quantitative estimate of drug-likeness (QED) is 0.852. The summed E-state index contributed by atoms with van der Waals surface area (Å²) in [5, 5.41) is 3.98. The van der Waals surface area contributed by atoms with Gasteiger partial charge < -0.3 is 10.1 Å². The van der Waals surface area contributed by atoms with E-state index in [-0.39, 0.29) is 5.97 Å². The maximum Gasteiger partial charge on any atom is 0.349 e. The van der Waals surface area contributed by atoms with Crippen molar-refractivity contribution in [3.8, 4) is 0 Å². The maximum atomic E-state index is 11.3. The van der Waals surface area contributed by atoms with E-state index >= 15 is 0 Å². The van der Waals surface area contributed by atoms with Gasteiger partial charge in [0.1, 0.15) is 4.88 Å². The molecule has 0 radical (unpaired) electrons. The van der Waals surface area contributed by atoms with Crippen LogP contribution in [0.25, 0.3) is 0 Å². The standard InChI is InChI=1S/C14H16N2O2S/c1-10(11-6-4-3-5-7-11)8-15-14-16-9-12(19-14)13(17)18-2/h3-7,9-10H,8H2,1-2H3,(H,15,16). The van der Waals surface area contributed by atoms with E-state index in [1.165, 1.54) is 30.2 Å². The second-order valence-electron chi connectivity index (χ2n) is 4.21. The Morgan fingerprint density at radius 3 is 2.84 bits per heavy atom. The lowest BCUT2D eigenvalue weighted by atomic mass is 10.0. The largest absolute Gasteiger partial charge is 0.465 e. The Morgan fingerprint density at radius 1 is 1.42 bits per heavy atom. The first kappa shape index (κ1) is 13.5. The SMILES string of the molecule is COC(=O)c1cnc(NCC(C)c2ccccc2)s1. The van der Waals surface area contributed by atoms with Gasteiger partial charge in [-0.05, 0) is 11.5 Å². The smallest absolute Gasteiger partial charge is 0.349 e. The third-order valence-electron chi connectivity index (χ3n) is 2.82. The van der Waals surface area contributed by atoms with E-state index in [9.17, 15) is 4.79 Å². The van der Waals surface area contributed by atoms with Crippen molar-refractivity contribution in [2.24, 2.45) is 0 Å². The zero-order valence-electron chi connectivity index (χ0n) is 10.9. The number of carbonyl (C=O) groups excluding carboxylic acids is 1. The van der Waals surface area contributed by atoms with Crippen LogP contribution in [0.4, 0.5) is 5.13 Å². The first-order valence-electron chi connectivity index (χ1n) is 6.03. The molecule has 0 fully saturated rings. The molecule has 0 aliphatic rings. The van der Waals surface area contributed by atoms with Crippen molar-refractivity contribution in [1.82, 2.24) is 4.98 Å². The number of aromatic nitrogens is 1. The topological polar surface area (TPSA) is 51.2 Å². The van der Waals surface area contributed by atoms with Crippen LogP contribution in [-0.2, 0) is 4.74 Å². The van der Waals surface area contributed by atoms with Crippen molar-refractivity contribution in [3.63, 3.8) is 0 Å². The van der Waals surface area contributed by atoms with Gasteiger partial charge in [0.15, 0.2) is 5.13 Å². The van der Waals surface area contributed by atoms with Crippen molar-refractivity contribution in [2.45, 2.75) is 12.8 Å². The first-order valence-corrected chi connectivity index (χ1v) is 6.85. The zero-order chi connectivity index (χ0) is 13.7. The van der Waals surface area contributed by atoms with Crippen LogP contribution in [0.1, 0.15) is 28.1 Å². The second kappa shape index (κ2) is 6.33. The van der Waals surface area contributed by atoms with Crippen molar-refractivity contribution in [1.29, 1.82) is 0 Å². The molecular weight excluding hydrogens is 260 g/mol. The maximum absolute atomic E-state index is 11.3. The van der Waals surface area contributed by atoms with Crippen molar-refractivity contribution < 1.29 is 9.53 Å². The van der Waals surface area contributed by atoms with Gasteiger partial charge in [0.25, 0.3) is 0 Å². The Hall–Kier alpha value is -1.88. The molecule has 1 heterocycles. The highest BCUT2D eigenvalue weighted by Gasteiger charge is 2.11. The number of thiazole rings is 1. The number of nitrogens with one attached hydrogen (secondary N) is 1. The number of hydrogen-bond acceptors (Lipinski definition) is 5. The Bertz CT molecular complexity index is 539. The summed E-state index contributed by atoms with van der Waals surface area (Å²) in [6.07, 6.45) is 1.53. The average molecular weight is 276 g/mol. The molecule has 0 saturated carbocycles. The Labute approximate surface area is 116 Å². The molecule has 0 saturated heterocycles. The first-order chi connectivity index (χ1) is 9.20. The molecule has 0 bridgehead atoms. The van der Waals surface area contributed by atoms with Crippen molar-refractivity contribution in [2.75, 3.05) is 19.0 Å². The van der Waals surface area contributed by atoms with Crippen LogP contribution < -0.4 is 5.32 Å². The van der Waals surface area contributed by atoms with E-state index in [0.29, 0.717) is 10.8 Å². The number of ether oxygens (including phenoxy) is 1. The van der Waals surface area contributed by atoms with E-state index in [1.54, 1.807) is 0 Å². The van der Waals surface area contributed by atoms with Crippen LogP contribution in [-0.4, -0.2) is 24.6 Å². The number of anilines is 1. The molecular formula is C14H16N2O2S. The molecule has 4 nitrogen and oxygen atoms in total. The molecule has 1 aromatic heterocycles. The molecule has 0 spiro atoms. The van der Waals surface area contributed by atoms with Gasteiger partial charge in [0.2, 0.25) is 0 Å². The highest BCUT2D eigenvalue weighted by atomic mass is 32.1. The van der Waals surface area contributed by atoms with E-state index in [0.717, 1.165) is 11.7 Å². The molecule has 2 aromatic rings. The summed E-state index contributed by atoms with van der Waals surface area (Å²) in [5.74, 6) is 0.0355. The van der Waals surface area contributed by atoms with Gasteiger partial charge in [-0.25, -0.2) is 9.78 Å². The van der Waals surface area contributed by atoms with Gasteiger partial charge >= 0.3 is 5.97 Å². The lowest BCUT2D eigenvalue weighted by Gasteiger charge is -2.11. The molecule has 0 aliphatic carbocycles. The van der Waals surface area contributed by atoms with Gasteiger partial charge in [-0.1, -0.05) is 48.6 Å². The minimum atomic E-state index is -0.346. The fourth-order valence-electron chi connectivity index (χ4n) is 1.69. The number of esters is 1. The fraction of sp³-hybridized carbons (Fsp3) is 0.286. The lowest BCUT2D eigenvalue weighted by molar-refractivity contribution is 0.0606. The molecule has 100 valence electrons. The fourth-order valence-corrected chi connectivity index (χ4v) is 2.43. The number of hydrogen-bond donors (Lipinski definition) is 1. The predicted molar refractivity (Wildman–Crippen MR) is 76.8 cm³/mol. The van der Waals surface area contributed by atoms with Crippen LogP contribution >= 0.6 is 11.3 Å². The predicted octanol–water partition coefficient (Wildman–Crippen LogP) is 3.15. The molecule has 19 heavy (non-hydrogen) atoms. The third-order valence-corrected chi connectivity index (χ3v) is 3.76. The summed E-state index contributed by atoms with van der Waals surface area (Å²) in [6, 6.07) is 10.3. The van der Waals surface area contributed by atoms with Gasteiger partial charge in [0.05, 0.1) is 13.3 Å². The van der Waals surface area contributed by atoms with Crippen LogP contribution in [0.2, 0.25) is 0 Å². The number of carbonyl (C=O) groups is 1. The highest BCUT2D eigenvalue weighted by molar-refractivity contribution is 7.17. The third kappa shape index (κ3) is 3.54. The van der Waals surface area contributed by atoms with Crippen LogP contribution in [0, 0.1) is 0 Å². The van der Waals surface area contributed by atoms with Crippen LogP contribution in [0.15, 0.2) is 36.5 Å². The molecule has 1 atom stereocenters. The van der Waals surface area contributed by atoms with Crippen LogP contribution in [0.5, 0.6) is 0 Å². The molecule has 5 heteroatoms. The highest BCUT2D eigenvalue weighted by Crippen LogP contribution is 2.21. The van der Waals surface area contributed by atoms with Crippen molar-refractivity contribution >= 4 is 22.4 Å². The number of rotatable bonds is 5. The number of benzene rings is 1. The van der Waals surface area contributed by atoms with Gasteiger partial charge in [-0.2, -0.15) is 0 Å². The normalized spacial score (nSPS) is 11.9. The monoisotopic (exact) mass is 276 g/mol. The molecule has 0 amide bonds. The Balaban J connectivity index is 1.92. The molecule has 1 aromatic carbocycles. The van der Waals surface area contributed by atoms with Gasteiger partial charge in [-0.15, -0.1) is 0 Å². The van der Waals surface area contributed by atoms with Crippen molar-refractivity contribution in [3.05, 3.63) is 47.0 Å². The molecule has 1 N–H and O–H groups in total. The lowest BCUT2D eigenvalue weighted by Crippen LogP contribution is -2.09. The van der Waals surface area contributed by atoms with Gasteiger partial charge in [0, 0.05) is 6.54 Å². The molecule has 1 unspecified atom stereocenters. The molecule has 0 aliphatic heterocycles. The summed E-state index contributed by atoms with van der Waals surface area (Å²) in [6.45, 7) is 2.93. The summed E-state index contributed by atoms with van der Waals surface area (Å²) in [4.78, 5) is 16.0. The van der Waals surface area contributed by atoms with E-state index < -0.39 is 0 Å². The molecule has 2 rings (SSSR count). The van der Waals surface area contributed by atoms with Crippen LogP contribution in [0.3, 0.4) is 0 Å². The zero-order valence-corrected chi connectivity index (χ0v) is 11.7. The Kier molecular flexibility index (Phi) is 4.52. The van der Waals surface area contributed by atoms with Gasteiger partial charge in [-0.3, -0.25) is 0 Å².